The number of methoxy groups -OCH3 is 1. The molecule has 21 heavy (non-hydrogen) atoms. The van der Waals surface area contributed by atoms with E-state index in [1.165, 1.54) is 13.2 Å². The molecule has 0 bridgehead atoms. The van der Waals surface area contributed by atoms with Crippen LogP contribution in [0.4, 0.5) is 8.78 Å². The molecule has 0 aliphatic heterocycles. The summed E-state index contributed by atoms with van der Waals surface area (Å²) >= 11 is 0. The lowest BCUT2D eigenvalue weighted by Crippen LogP contribution is -2.46. The Morgan fingerprint density at radius 3 is 2.52 bits per heavy atom. The summed E-state index contributed by atoms with van der Waals surface area (Å²) in [5.74, 6) is -2.67. The van der Waals surface area contributed by atoms with Crippen LogP contribution in [0.5, 0.6) is 0 Å². The Balaban J connectivity index is 2.76. The number of nitrogens with one attached hydrogen (secondary N) is 1. The standard InChI is InChI=1S/C15H19F2NO3/c1-4-9(2)14(15(20)21-3)18-13(19)7-10-5-6-11(16)8-12(10)17/h5-6,8-9,14H,4,7H2,1-3H3,(H,18,19)/t9-,14-/m0/s1. The zero-order valence-corrected chi connectivity index (χ0v) is 12.3. The molecule has 0 aliphatic carbocycles. The molecular formula is C15H19F2NO3. The van der Waals surface area contributed by atoms with Gasteiger partial charge in [0.25, 0.3) is 0 Å². The topological polar surface area (TPSA) is 55.4 Å². The summed E-state index contributed by atoms with van der Waals surface area (Å²) < 4.78 is 30.9. The van der Waals surface area contributed by atoms with Gasteiger partial charge >= 0.3 is 5.97 Å². The average Bonchev–Trinajstić information content (AvgIpc) is 2.46. The number of esters is 1. The number of ether oxygens (including phenoxy) is 1. The van der Waals surface area contributed by atoms with Crippen molar-refractivity contribution in [2.24, 2.45) is 5.92 Å². The van der Waals surface area contributed by atoms with Crippen LogP contribution < -0.4 is 5.32 Å². The van der Waals surface area contributed by atoms with Crippen LogP contribution in [0.25, 0.3) is 0 Å². The smallest absolute Gasteiger partial charge is 0.328 e. The molecule has 0 aromatic heterocycles. The summed E-state index contributed by atoms with van der Waals surface area (Å²) in [5, 5.41) is 2.53. The largest absolute Gasteiger partial charge is 0.467 e. The first-order valence-electron chi connectivity index (χ1n) is 6.70. The zero-order valence-electron chi connectivity index (χ0n) is 12.3. The first kappa shape index (κ1) is 17.1. The Hall–Kier alpha value is -1.98. The third-order valence-corrected chi connectivity index (χ3v) is 3.35. The van der Waals surface area contributed by atoms with Gasteiger partial charge in [0, 0.05) is 6.07 Å². The summed E-state index contributed by atoms with van der Waals surface area (Å²) in [7, 11) is 1.24. The van der Waals surface area contributed by atoms with Gasteiger partial charge in [0.05, 0.1) is 13.5 Å². The minimum Gasteiger partial charge on any atom is -0.467 e. The van der Waals surface area contributed by atoms with Crippen molar-refractivity contribution in [1.82, 2.24) is 5.32 Å². The number of halogens is 2. The molecule has 0 spiro atoms. The van der Waals surface area contributed by atoms with Crippen molar-refractivity contribution in [3.63, 3.8) is 0 Å². The third-order valence-electron chi connectivity index (χ3n) is 3.35. The molecule has 0 saturated carbocycles. The van der Waals surface area contributed by atoms with Crippen LogP contribution in [0.1, 0.15) is 25.8 Å². The van der Waals surface area contributed by atoms with Crippen LogP contribution in [-0.4, -0.2) is 25.0 Å². The van der Waals surface area contributed by atoms with Crippen LogP contribution >= 0.6 is 0 Å². The molecule has 0 fully saturated rings. The van der Waals surface area contributed by atoms with E-state index >= 15 is 0 Å². The first-order valence-corrected chi connectivity index (χ1v) is 6.70. The fourth-order valence-corrected chi connectivity index (χ4v) is 1.86. The van der Waals surface area contributed by atoms with Gasteiger partial charge in [0.1, 0.15) is 17.7 Å². The number of amides is 1. The lowest BCUT2D eigenvalue weighted by Gasteiger charge is -2.21. The monoisotopic (exact) mass is 299 g/mol. The van der Waals surface area contributed by atoms with Crippen molar-refractivity contribution in [3.05, 3.63) is 35.4 Å². The van der Waals surface area contributed by atoms with Crippen LogP contribution in [0.3, 0.4) is 0 Å². The van der Waals surface area contributed by atoms with Gasteiger partial charge in [0.2, 0.25) is 5.91 Å². The summed E-state index contributed by atoms with van der Waals surface area (Å²) in [6.45, 7) is 3.69. The molecule has 116 valence electrons. The van der Waals surface area contributed by atoms with Gasteiger partial charge in [-0.15, -0.1) is 0 Å². The Bertz CT molecular complexity index is 520. The van der Waals surface area contributed by atoms with Crippen molar-refractivity contribution in [2.45, 2.75) is 32.7 Å². The molecule has 0 saturated heterocycles. The number of carbonyl (C=O) groups excluding carboxylic acids is 2. The van der Waals surface area contributed by atoms with E-state index in [0.717, 1.165) is 12.1 Å². The summed E-state index contributed by atoms with van der Waals surface area (Å²) in [4.78, 5) is 23.6. The molecule has 1 aromatic carbocycles. The molecule has 0 unspecified atom stereocenters. The normalized spacial score (nSPS) is 13.4. The lowest BCUT2D eigenvalue weighted by atomic mass is 9.99. The van der Waals surface area contributed by atoms with Gasteiger partial charge in [-0.2, -0.15) is 0 Å². The molecule has 1 aromatic rings. The van der Waals surface area contributed by atoms with E-state index in [1.54, 1.807) is 6.92 Å². The Morgan fingerprint density at radius 1 is 1.33 bits per heavy atom. The van der Waals surface area contributed by atoms with Gasteiger partial charge in [-0.25, -0.2) is 13.6 Å². The van der Waals surface area contributed by atoms with Crippen molar-refractivity contribution in [3.8, 4) is 0 Å². The molecule has 0 heterocycles. The number of hydrogen-bond acceptors (Lipinski definition) is 3. The number of rotatable bonds is 6. The van der Waals surface area contributed by atoms with Crippen molar-refractivity contribution < 1.29 is 23.1 Å². The number of hydrogen-bond donors (Lipinski definition) is 1. The van der Waals surface area contributed by atoms with E-state index in [1.807, 2.05) is 6.92 Å². The molecule has 1 amide bonds. The molecular weight excluding hydrogens is 280 g/mol. The summed E-state index contributed by atoms with van der Waals surface area (Å²) in [6.07, 6.45) is 0.404. The maximum atomic E-state index is 13.5. The lowest BCUT2D eigenvalue weighted by molar-refractivity contribution is -0.146. The number of carbonyl (C=O) groups is 2. The van der Waals surface area contributed by atoms with Gasteiger partial charge in [0.15, 0.2) is 0 Å². The highest BCUT2D eigenvalue weighted by molar-refractivity contribution is 5.85. The minimum absolute atomic E-state index is 0.0710. The van der Waals surface area contributed by atoms with E-state index in [2.05, 4.69) is 10.1 Å². The van der Waals surface area contributed by atoms with E-state index in [4.69, 9.17) is 0 Å². The molecule has 0 radical (unpaired) electrons. The predicted molar refractivity (Wildman–Crippen MR) is 73.5 cm³/mol. The zero-order chi connectivity index (χ0) is 16.0. The molecule has 1 rings (SSSR count). The fraction of sp³-hybridized carbons (Fsp3) is 0.467. The van der Waals surface area contributed by atoms with Crippen molar-refractivity contribution in [1.29, 1.82) is 0 Å². The van der Waals surface area contributed by atoms with E-state index in [9.17, 15) is 18.4 Å². The second kappa shape index (κ2) is 7.71. The van der Waals surface area contributed by atoms with Crippen molar-refractivity contribution in [2.75, 3.05) is 7.11 Å². The number of benzene rings is 1. The highest BCUT2D eigenvalue weighted by Gasteiger charge is 2.26. The van der Waals surface area contributed by atoms with Gasteiger partial charge in [-0.05, 0) is 17.5 Å². The maximum Gasteiger partial charge on any atom is 0.328 e. The Labute approximate surface area is 122 Å². The van der Waals surface area contributed by atoms with E-state index < -0.39 is 29.6 Å². The molecule has 0 aliphatic rings. The molecule has 6 heteroatoms. The Kier molecular flexibility index (Phi) is 6.27. The van der Waals surface area contributed by atoms with Crippen molar-refractivity contribution >= 4 is 11.9 Å². The van der Waals surface area contributed by atoms with E-state index in [-0.39, 0.29) is 17.9 Å². The second-order valence-electron chi connectivity index (χ2n) is 4.87. The molecule has 1 N–H and O–H groups in total. The fourth-order valence-electron chi connectivity index (χ4n) is 1.86. The quantitative estimate of drug-likeness (QED) is 0.819. The maximum absolute atomic E-state index is 13.5. The second-order valence-corrected chi connectivity index (χ2v) is 4.87. The first-order chi connectivity index (χ1) is 9.88. The van der Waals surface area contributed by atoms with Crippen LogP contribution in [-0.2, 0) is 20.7 Å². The summed E-state index contributed by atoms with van der Waals surface area (Å²) in [6, 6.07) is 2.23. The highest BCUT2D eigenvalue weighted by atomic mass is 19.1. The van der Waals surface area contributed by atoms with Crippen LogP contribution in [0, 0.1) is 17.6 Å². The highest BCUT2D eigenvalue weighted by Crippen LogP contribution is 2.12. The van der Waals surface area contributed by atoms with Gasteiger partial charge in [-0.3, -0.25) is 4.79 Å². The average molecular weight is 299 g/mol. The summed E-state index contributed by atoms with van der Waals surface area (Å²) in [5.41, 5.74) is 0.0710. The van der Waals surface area contributed by atoms with Gasteiger partial charge in [-0.1, -0.05) is 26.3 Å². The Morgan fingerprint density at radius 2 is 2.00 bits per heavy atom. The van der Waals surface area contributed by atoms with Crippen LogP contribution in [0.15, 0.2) is 18.2 Å². The minimum atomic E-state index is -0.789. The molecule has 4 nitrogen and oxygen atoms in total. The van der Waals surface area contributed by atoms with Crippen LogP contribution in [0.2, 0.25) is 0 Å². The van der Waals surface area contributed by atoms with E-state index in [0.29, 0.717) is 6.42 Å². The van der Waals surface area contributed by atoms with Gasteiger partial charge < -0.3 is 10.1 Å². The molecule has 2 atom stereocenters. The third kappa shape index (κ3) is 4.81. The SMILES string of the molecule is CC[C@H](C)[C@H](NC(=O)Cc1ccc(F)cc1F)C(=O)OC. The predicted octanol–water partition coefficient (Wildman–Crippen LogP) is 2.21.